The van der Waals surface area contributed by atoms with E-state index in [1.54, 1.807) is 18.2 Å². The van der Waals surface area contributed by atoms with Crippen LogP contribution < -0.4 is 0 Å². The van der Waals surface area contributed by atoms with E-state index in [-0.39, 0.29) is 5.78 Å². The molecule has 0 amide bonds. The fourth-order valence-electron chi connectivity index (χ4n) is 1.66. The predicted octanol–water partition coefficient (Wildman–Crippen LogP) is 1.72. The molecule has 0 bridgehead atoms. The van der Waals surface area contributed by atoms with Crippen LogP contribution in [0.25, 0.3) is 0 Å². The van der Waals surface area contributed by atoms with E-state index in [1.165, 1.54) is 6.92 Å². The Morgan fingerprint density at radius 3 is 3.07 bits per heavy atom. The molecular formula is C11H9NO2. The number of rotatable bonds is 1. The molecule has 1 unspecified atom stereocenters. The average molecular weight is 187 g/mol. The van der Waals surface area contributed by atoms with Crippen molar-refractivity contribution in [1.29, 1.82) is 5.26 Å². The minimum absolute atomic E-state index is 0.00783. The number of benzene rings is 1. The van der Waals surface area contributed by atoms with Gasteiger partial charge in [0.2, 0.25) is 0 Å². The van der Waals surface area contributed by atoms with Crippen molar-refractivity contribution in [3.8, 4) is 6.07 Å². The Bertz CT molecular complexity index is 431. The van der Waals surface area contributed by atoms with E-state index in [9.17, 15) is 4.79 Å². The quantitative estimate of drug-likeness (QED) is 0.672. The maximum atomic E-state index is 11.2. The van der Waals surface area contributed by atoms with Crippen LogP contribution in [0.15, 0.2) is 18.2 Å². The van der Waals surface area contributed by atoms with Crippen molar-refractivity contribution < 1.29 is 9.53 Å². The third-order valence-corrected chi connectivity index (χ3v) is 2.33. The van der Waals surface area contributed by atoms with Gasteiger partial charge >= 0.3 is 0 Å². The summed E-state index contributed by atoms with van der Waals surface area (Å²) in [5.41, 5.74) is 2.46. The maximum absolute atomic E-state index is 11.2. The largest absolute Gasteiger partial charge is 0.361 e. The molecule has 1 heterocycles. The van der Waals surface area contributed by atoms with E-state index < -0.39 is 6.10 Å². The highest BCUT2D eigenvalue weighted by atomic mass is 16.5. The Kier molecular flexibility index (Phi) is 2.06. The number of Topliss-reactive ketones (excluding diaryl/α,β-unsaturated/α-hetero) is 1. The van der Waals surface area contributed by atoms with Gasteiger partial charge in [-0.05, 0) is 30.2 Å². The van der Waals surface area contributed by atoms with Crippen LogP contribution in [0, 0.1) is 11.3 Å². The Morgan fingerprint density at radius 2 is 2.43 bits per heavy atom. The molecule has 1 aliphatic rings. The van der Waals surface area contributed by atoms with Crippen molar-refractivity contribution in [1.82, 2.24) is 0 Å². The summed E-state index contributed by atoms with van der Waals surface area (Å²) in [6.07, 6.45) is -0.433. The predicted molar refractivity (Wildman–Crippen MR) is 49.4 cm³/mol. The van der Waals surface area contributed by atoms with Gasteiger partial charge in [0.1, 0.15) is 6.10 Å². The van der Waals surface area contributed by atoms with E-state index >= 15 is 0 Å². The van der Waals surface area contributed by atoms with Gasteiger partial charge in [-0.25, -0.2) is 0 Å². The molecule has 70 valence electrons. The number of carbonyl (C=O) groups excluding carboxylic acids is 1. The Morgan fingerprint density at radius 1 is 1.64 bits per heavy atom. The van der Waals surface area contributed by atoms with Crippen molar-refractivity contribution >= 4 is 5.78 Å². The SMILES string of the molecule is CC(=O)C1OCc2cc(C#N)ccc21. The highest BCUT2D eigenvalue weighted by Gasteiger charge is 2.26. The number of fused-ring (bicyclic) bond motifs is 1. The molecule has 0 spiro atoms. The molecule has 3 heteroatoms. The summed E-state index contributed by atoms with van der Waals surface area (Å²) in [6.45, 7) is 1.94. The van der Waals surface area contributed by atoms with Crippen LogP contribution in [0.2, 0.25) is 0 Å². The van der Waals surface area contributed by atoms with Crippen molar-refractivity contribution in [2.45, 2.75) is 19.6 Å². The number of hydrogen-bond donors (Lipinski definition) is 0. The maximum Gasteiger partial charge on any atom is 0.163 e. The molecule has 1 aromatic carbocycles. The first kappa shape index (κ1) is 8.92. The molecule has 1 aliphatic heterocycles. The van der Waals surface area contributed by atoms with Gasteiger partial charge in [0, 0.05) is 0 Å². The zero-order valence-electron chi connectivity index (χ0n) is 7.78. The summed E-state index contributed by atoms with van der Waals surface area (Å²) >= 11 is 0. The lowest BCUT2D eigenvalue weighted by atomic mass is 10.0. The normalized spacial score (nSPS) is 18.7. The second kappa shape index (κ2) is 3.24. The van der Waals surface area contributed by atoms with Crippen LogP contribution in [0.5, 0.6) is 0 Å². The van der Waals surface area contributed by atoms with Crippen LogP contribution in [-0.2, 0) is 16.1 Å². The molecule has 1 aromatic rings. The molecule has 0 N–H and O–H groups in total. The second-order valence-electron chi connectivity index (χ2n) is 3.33. The number of nitriles is 1. The third kappa shape index (κ3) is 1.30. The molecule has 0 saturated heterocycles. The fraction of sp³-hybridized carbons (Fsp3) is 0.273. The van der Waals surface area contributed by atoms with Crippen molar-refractivity contribution in [2.75, 3.05) is 0 Å². The number of nitrogens with zero attached hydrogens (tertiary/aromatic N) is 1. The average Bonchev–Trinajstić information content (AvgIpc) is 2.59. The summed E-state index contributed by atoms with van der Waals surface area (Å²) in [6, 6.07) is 7.35. The standard InChI is InChI=1S/C11H9NO2/c1-7(13)11-10-3-2-8(5-12)4-9(10)6-14-11/h2-4,11H,6H2,1H3. The number of ether oxygens (including phenoxy) is 1. The van der Waals surface area contributed by atoms with E-state index in [1.807, 2.05) is 0 Å². The molecule has 0 aromatic heterocycles. The van der Waals surface area contributed by atoms with Crippen LogP contribution in [0.4, 0.5) is 0 Å². The molecule has 3 nitrogen and oxygen atoms in total. The Labute approximate surface area is 81.9 Å². The summed E-state index contributed by atoms with van der Waals surface area (Å²) in [4.78, 5) is 11.2. The summed E-state index contributed by atoms with van der Waals surface area (Å²) < 4.78 is 5.33. The van der Waals surface area contributed by atoms with Crippen LogP contribution >= 0.6 is 0 Å². The Balaban J connectivity index is 2.44. The fourth-order valence-corrected chi connectivity index (χ4v) is 1.66. The molecule has 0 aliphatic carbocycles. The third-order valence-electron chi connectivity index (χ3n) is 2.33. The molecule has 0 fully saturated rings. The molecule has 2 rings (SSSR count). The minimum Gasteiger partial charge on any atom is -0.361 e. The zero-order valence-corrected chi connectivity index (χ0v) is 7.78. The topological polar surface area (TPSA) is 50.1 Å². The van der Waals surface area contributed by atoms with Crippen LogP contribution in [0.3, 0.4) is 0 Å². The van der Waals surface area contributed by atoms with E-state index in [2.05, 4.69) is 6.07 Å². The van der Waals surface area contributed by atoms with Gasteiger partial charge in [0.25, 0.3) is 0 Å². The van der Waals surface area contributed by atoms with Crippen molar-refractivity contribution in [3.05, 3.63) is 34.9 Å². The van der Waals surface area contributed by atoms with Gasteiger partial charge in [-0.1, -0.05) is 6.07 Å². The number of carbonyl (C=O) groups is 1. The first-order valence-electron chi connectivity index (χ1n) is 4.37. The first-order chi connectivity index (χ1) is 6.72. The van der Waals surface area contributed by atoms with E-state index in [0.717, 1.165) is 11.1 Å². The summed E-state index contributed by atoms with van der Waals surface area (Å²) in [5, 5.41) is 8.69. The monoisotopic (exact) mass is 187 g/mol. The molecule has 14 heavy (non-hydrogen) atoms. The Hall–Kier alpha value is -1.66. The highest BCUT2D eigenvalue weighted by Crippen LogP contribution is 2.31. The smallest absolute Gasteiger partial charge is 0.163 e. The highest BCUT2D eigenvalue weighted by molar-refractivity contribution is 5.83. The van der Waals surface area contributed by atoms with Crippen molar-refractivity contribution in [3.63, 3.8) is 0 Å². The van der Waals surface area contributed by atoms with Gasteiger partial charge < -0.3 is 4.74 Å². The zero-order chi connectivity index (χ0) is 10.1. The molecule has 0 saturated carbocycles. The van der Waals surface area contributed by atoms with Gasteiger partial charge in [0.05, 0.1) is 18.2 Å². The van der Waals surface area contributed by atoms with E-state index in [4.69, 9.17) is 10.00 Å². The van der Waals surface area contributed by atoms with Gasteiger partial charge in [-0.3, -0.25) is 4.79 Å². The van der Waals surface area contributed by atoms with Crippen LogP contribution in [0.1, 0.15) is 29.7 Å². The molecule has 1 atom stereocenters. The summed E-state index contributed by atoms with van der Waals surface area (Å²) in [7, 11) is 0. The molecular weight excluding hydrogens is 178 g/mol. The van der Waals surface area contributed by atoms with E-state index in [0.29, 0.717) is 12.2 Å². The van der Waals surface area contributed by atoms with Crippen molar-refractivity contribution in [2.24, 2.45) is 0 Å². The van der Waals surface area contributed by atoms with Gasteiger partial charge in [-0.2, -0.15) is 5.26 Å². The summed E-state index contributed by atoms with van der Waals surface area (Å²) in [5.74, 6) is 0.00783. The lowest BCUT2D eigenvalue weighted by Crippen LogP contribution is -2.06. The van der Waals surface area contributed by atoms with Gasteiger partial charge in [0.15, 0.2) is 5.78 Å². The lowest BCUT2D eigenvalue weighted by Gasteiger charge is -2.05. The first-order valence-corrected chi connectivity index (χ1v) is 4.37. The lowest BCUT2D eigenvalue weighted by molar-refractivity contribution is -0.127. The van der Waals surface area contributed by atoms with Gasteiger partial charge in [-0.15, -0.1) is 0 Å². The molecule has 0 radical (unpaired) electrons. The second-order valence-corrected chi connectivity index (χ2v) is 3.33. The minimum atomic E-state index is -0.433. The number of ketones is 1. The number of hydrogen-bond acceptors (Lipinski definition) is 3. The van der Waals surface area contributed by atoms with Crippen LogP contribution in [-0.4, -0.2) is 5.78 Å².